The van der Waals surface area contributed by atoms with Crippen LogP contribution >= 0.6 is 11.6 Å². The number of Topliss-reactive ketones (excluding diaryl/α,β-unsaturated/α-hetero) is 1. The van der Waals surface area contributed by atoms with Crippen LogP contribution in [0, 0.1) is 16.7 Å². The molecule has 0 N–H and O–H groups in total. The minimum atomic E-state index is -0.621. The lowest BCUT2D eigenvalue weighted by molar-refractivity contribution is -0.121. The molecule has 0 heterocycles. The summed E-state index contributed by atoms with van der Waals surface area (Å²) in [5, 5.41) is 9.97. The van der Waals surface area contributed by atoms with Gasteiger partial charge >= 0.3 is 0 Å². The van der Waals surface area contributed by atoms with Gasteiger partial charge in [0.2, 0.25) is 0 Å². The molecule has 27 heavy (non-hydrogen) atoms. The molecule has 2 aromatic rings. The fraction of sp³-hybridized carbons (Fsp3) is 0.273. The molecule has 4 nitrogen and oxygen atoms in total. The lowest BCUT2D eigenvalue weighted by atomic mass is 9.86. The number of hydrogen-bond donors (Lipinski definition) is 0. The number of rotatable bonds is 6. The molecule has 0 radical (unpaired) electrons. The second kappa shape index (κ2) is 8.75. The standard InChI is InChI=1S/C22H22ClNO3/c1-22(2,3)21(25)17(13-24)11-15-9-10-19(20(12-15)26-4)27-14-16-7-5-6-8-18(16)23/h5-12H,14H2,1-4H3. The highest BCUT2D eigenvalue weighted by Gasteiger charge is 2.25. The van der Waals surface area contributed by atoms with Crippen LogP contribution in [0.5, 0.6) is 11.5 Å². The van der Waals surface area contributed by atoms with E-state index in [1.807, 2.05) is 24.3 Å². The molecule has 0 bridgehead atoms. The third-order valence-corrected chi connectivity index (χ3v) is 4.25. The van der Waals surface area contributed by atoms with Crippen LogP contribution < -0.4 is 9.47 Å². The van der Waals surface area contributed by atoms with E-state index < -0.39 is 5.41 Å². The maximum atomic E-state index is 12.4. The Bertz CT molecular complexity index is 905. The molecule has 0 fully saturated rings. The Balaban J connectivity index is 2.25. The molecule has 0 atom stereocenters. The van der Waals surface area contributed by atoms with Crippen molar-refractivity contribution in [2.45, 2.75) is 27.4 Å². The van der Waals surface area contributed by atoms with Gasteiger partial charge in [0.25, 0.3) is 0 Å². The van der Waals surface area contributed by atoms with E-state index >= 15 is 0 Å². The molecule has 0 amide bonds. The van der Waals surface area contributed by atoms with Crippen LogP contribution in [-0.2, 0) is 11.4 Å². The van der Waals surface area contributed by atoms with E-state index in [1.165, 1.54) is 7.11 Å². The van der Waals surface area contributed by atoms with Crippen LogP contribution in [0.4, 0.5) is 0 Å². The Kier molecular flexibility index (Phi) is 6.65. The summed E-state index contributed by atoms with van der Waals surface area (Å²) < 4.78 is 11.2. The van der Waals surface area contributed by atoms with Crippen molar-refractivity contribution < 1.29 is 14.3 Å². The first-order chi connectivity index (χ1) is 12.8. The zero-order valence-electron chi connectivity index (χ0n) is 15.9. The number of methoxy groups -OCH3 is 1. The molecule has 2 rings (SSSR count). The molecule has 0 saturated carbocycles. The molecule has 0 aromatic heterocycles. The monoisotopic (exact) mass is 383 g/mol. The van der Waals surface area contributed by atoms with Crippen molar-refractivity contribution in [2.24, 2.45) is 5.41 Å². The Morgan fingerprint density at radius 2 is 1.89 bits per heavy atom. The summed E-state index contributed by atoms with van der Waals surface area (Å²) in [7, 11) is 1.54. The van der Waals surface area contributed by atoms with Gasteiger partial charge in [0, 0.05) is 16.0 Å². The average Bonchev–Trinajstić information content (AvgIpc) is 2.64. The van der Waals surface area contributed by atoms with Gasteiger partial charge in [0.05, 0.1) is 12.7 Å². The molecule has 0 saturated heterocycles. The first-order valence-corrected chi connectivity index (χ1v) is 8.85. The van der Waals surface area contributed by atoms with Crippen LogP contribution in [0.1, 0.15) is 31.9 Å². The zero-order chi connectivity index (χ0) is 20.0. The lowest BCUT2D eigenvalue weighted by Crippen LogP contribution is -2.21. The number of hydrogen-bond acceptors (Lipinski definition) is 4. The van der Waals surface area contributed by atoms with Crippen molar-refractivity contribution in [1.29, 1.82) is 5.26 Å². The Hall–Kier alpha value is -2.77. The number of ether oxygens (including phenoxy) is 2. The zero-order valence-corrected chi connectivity index (χ0v) is 16.6. The first kappa shape index (κ1) is 20.5. The topological polar surface area (TPSA) is 59.3 Å². The molecule has 5 heteroatoms. The lowest BCUT2D eigenvalue weighted by Gasteiger charge is -2.16. The van der Waals surface area contributed by atoms with Gasteiger partial charge in [-0.05, 0) is 29.8 Å². The van der Waals surface area contributed by atoms with E-state index in [-0.39, 0.29) is 11.4 Å². The van der Waals surface area contributed by atoms with Crippen molar-refractivity contribution in [1.82, 2.24) is 0 Å². The minimum absolute atomic E-state index is 0.106. The fourth-order valence-electron chi connectivity index (χ4n) is 2.38. The molecule has 0 aliphatic heterocycles. The summed E-state index contributed by atoms with van der Waals surface area (Å²) in [6.45, 7) is 5.66. The summed E-state index contributed by atoms with van der Waals surface area (Å²) in [6.07, 6.45) is 1.56. The van der Waals surface area contributed by atoms with Gasteiger partial charge in [0.15, 0.2) is 17.3 Å². The fourth-order valence-corrected chi connectivity index (χ4v) is 2.57. The Labute approximate surface area is 165 Å². The van der Waals surface area contributed by atoms with Crippen LogP contribution in [0.15, 0.2) is 48.0 Å². The summed E-state index contributed by atoms with van der Waals surface area (Å²) in [4.78, 5) is 12.4. The molecule has 140 valence electrons. The van der Waals surface area contributed by atoms with Crippen molar-refractivity contribution in [3.05, 3.63) is 64.2 Å². The van der Waals surface area contributed by atoms with E-state index in [0.717, 1.165) is 5.56 Å². The smallest absolute Gasteiger partial charge is 0.178 e. The molecule has 0 aliphatic rings. The van der Waals surface area contributed by atoms with E-state index in [2.05, 4.69) is 0 Å². The van der Waals surface area contributed by atoms with Crippen molar-refractivity contribution >= 4 is 23.5 Å². The summed E-state index contributed by atoms with van der Waals surface area (Å²) in [6, 6.07) is 14.7. The predicted molar refractivity (Wildman–Crippen MR) is 107 cm³/mol. The molecular weight excluding hydrogens is 362 g/mol. The number of nitriles is 1. The molecule has 0 unspecified atom stereocenters. The number of benzene rings is 2. The average molecular weight is 384 g/mol. The summed E-state index contributed by atoms with van der Waals surface area (Å²) >= 11 is 6.15. The molecule has 0 aliphatic carbocycles. The van der Waals surface area contributed by atoms with E-state index in [4.69, 9.17) is 21.1 Å². The number of allylic oxidation sites excluding steroid dienone is 1. The Morgan fingerprint density at radius 1 is 1.19 bits per heavy atom. The van der Waals surface area contributed by atoms with Gasteiger partial charge in [-0.15, -0.1) is 0 Å². The highest BCUT2D eigenvalue weighted by molar-refractivity contribution is 6.31. The third kappa shape index (κ3) is 5.35. The van der Waals surface area contributed by atoms with E-state index in [1.54, 1.807) is 51.1 Å². The first-order valence-electron chi connectivity index (χ1n) is 8.47. The highest BCUT2D eigenvalue weighted by atomic mass is 35.5. The van der Waals surface area contributed by atoms with Crippen LogP contribution in [0.2, 0.25) is 5.02 Å². The van der Waals surface area contributed by atoms with E-state index in [0.29, 0.717) is 28.7 Å². The second-order valence-corrected chi connectivity index (χ2v) is 7.45. The van der Waals surface area contributed by atoms with Gasteiger partial charge in [-0.2, -0.15) is 5.26 Å². The number of carbonyl (C=O) groups excluding carboxylic acids is 1. The number of nitrogens with zero attached hydrogens (tertiary/aromatic N) is 1. The van der Waals surface area contributed by atoms with Crippen LogP contribution in [0.25, 0.3) is 6.08 Å². The van der Waals surface area contributed by atoms with Crippen LogP contribution in [-0.4, -0.2) is 12.9 Å². The quantitative estimate of drug-likeness (QED) is 0.491. The van der Waals surface area contributed by atoms with Crippen molar-refractivity contribution in [3.63, 3.8) is 0 Å². The van der Waals surface area contributed by atoms with E-state index in [9.17, 15) is 10.1 Å². The largest absolute Gasteiger partial charge is 0.493 e. The highest BCUT2D eigenvalue weighted by Crippen LogP contribution is 2.31. The third-order valence-electron chi connectivity index (χ3n) is 3.89. The summed E-state index contributed by atoms with van der Waals surface area (Å²) in [5.74, 6) is 0.856. The summed E-state index contributed by atoms with van der Waals surface area (Å²) in [5.41, 5.74) is 1.04. The van der Waals surface area contributed by atoms with Crippen LogP contribution in [0.3, 0.4) is 0 Å². The van der Waals surface area contributed by atoms with Gasteiger partial charge in [-0.25, -0.2) is 0 Å². The van der Waals surface area contributed by atoms with Gasteiger partial charge in [0.1, 0.15) is 12.7 Å². The Morgan fingerprint density at radius 3 is 2.48 bits per heavy atom. The van der Waals surface area contributed by atoms with Gasteiger partial charge in [-0.3, -0.25) is 4.79 Å². The van der Waals surface area contributed by atoms with Gasteiger partial charge < -0.3 is 9.47 Å². The second-order valence-electron chi connectivity index (χ2n) is 7.04. The predicted octanol–water partition coefficient (Wildman–Crippen LogP) is 5.45. The number of carbonyl (C=O) groups is 1. The molecule has 0 spiro atoms. The van der Waals surface area contributed by atoms with Gasteiger partial charge in [-0.1, -0.05) is 56.6 Å². The molecule has 2 aromatic carbocycles. The SMILES string of the molecule is COc1cc(C=C(C#N)C(=O)C(C)(C)C)ccc1OCc1ccccc1Cl. The maximum absolute atomic E-state index is 12.4. The molecular formula is C22H22ClNO3. The number of ketones is 1. The van der Waals surface area contributed by atoms with Crippen molar-refractivity contribution in [3.8, 4) is 17.6 Å². The minimum Gasteiger partial charge on any atom is -0.493 e. The number of halogens is 1. The maximum Gasteiger partial charge on any atom is 0.178 e. The van der Waals surface area contributed by atoms with Crippen molar-refractivity contribution in [2.75, 3.05) is 7.11 Å². The normalized spacial score (nSPS) is 11.6.